The van der Waals surface area contributed by atoms with Gasteiger partial charge in [0.2, 0.25) is 0 Å². The van der Waals surface area contributed by atoms with Crippen molar-refractivity contribution in [3.8, 4) is 5.75 Å². The summed E-state index contributed by atoms with van der Waals surface area (Å²) < 4.78 is 7.49. The maximum Gasteiger partial charge on any atom is 0.319 e. The summed E-state index contributed by atoms with van der Waals surface area (Å²) in [6, 6.07) is 5.47. The van der Waals surface area contributed by atoms with Crippen molar-refractivity contribution in [2.24, 2.45) is 0 Å². The molecule has 3 heterocycles. The molecule has 1 aromatic heterocycles. The fourth-order valence-electron chi connectivity index (χ4n) is 3.37. The van der Waals surface area contributed by atoms with Gasteiger partial charge in [-0.05, 0) is 56.4 Å². The number of aryl methyl sites for hydroxylation is 3. The average molecular weight is 327 g/mol. The predicted octanol–water partition coefficient (Wildman–Crippen LogP) is 2.57. The number of carbonyl (C=O) groups excluding carboxylic acids is 1. The number of carbonyl (C=O) groups is 1. The Bertz CT molecular complexity index is 770. The molecule has 2 N–H and O–H groups in total. The number of urea groups is 1. The van der Waals surface area contributed by atoms with Crippen LogP contribution in [-0.4, -0.2) is 27.4 Å². The quantitative estimate of drug-likeness (QED) is 0.888. The van der Waals surface area contributed by atoms with Gasteiger partial charge in [-0.2, -0.15) is 5.10 Å². The molecule has 0 saturated heterocycles. The van der Waals surface area contributed by atoms with Crippen LogP contribution < -0.4 is 15.4 Å². The van der Waals surface area contributed by atoms with Crippen LogP contribution in [0.4, 0.5) is 10.5 Å². The number of fused-ring (bicyclic) bond motifs is 2. The van der Waals surface area contributed by atoms with Crippen LogP contribution in [0.25, 0.3) is 0 Å². The number of aromatic nitrogens is 3. The van der Waals surface area contributed by atoms with E-state index in [-0.39, 0.29) is 12.1 Å². The first-order valence-corrected chi connectivity index (χ1v) is 8.43. The summed E-state index contributed by atoms with van der Waals surface area (Å²) in [6.45, 7) is 3.50. The highest BCUT2D eigenvalue weighted by Gasteiger charge is 2.25. The fourth-order valence-corrected chi connectivity index (χ4v) is 3.37. The van der Waals surface area contributed by atoms with Crippen molar-refractivity contribution >= 4 is 11.7 Å². The second-order valence-corrected chi connectivity index (χ2v) is 6.31. The van der Waals surface area contributed by atoms with Crippen molar-refractivity contribution in [2.45, 2.75) is 45.2 Å². The van der Waals surface area contributed by atoms with Crippen LogP contribution in [0.2, 0.25) is 0 Å². The van der Waals surface area contributed by atoms with Crippen molar-refractivity contribution in [1.82, 2.24) is 20.1 Å². The van der Waals surface area contributed by atoms with Gasteiger partial charge < -0.3 is 15.4 Å². The second kappa shape index (κ2) is 6.14. The van der Waals surface area contributed by atoms with Gasteiger partial charge in [-0.25, -0.2) is 14.5 Å². The zero-order valence-electron chi connectivity index (χ0n) is 13.7. The Morgan fingerprint density at radius 1 is 1.38 bits per heavy atom. The molecule has 24 heavy (non-hydrogen) atoms. The minimum Gasteiger partial charge on any atom is -0.493 e. The van der Waals surface area contributed by atoms with E-state index in [4.69, 9.17) is 4.74 Å². The van der Waals surface area contributed by atoms with Crippen molar-refractivity contribution < 1.29 is 9.53 Å². The number of nitrogens with one attached hydrogen (secondary N) is 2. The van der Waals surface area contributed by atoms with E-state index in [0.29, 0.717) is 0 Å². The summed E-state index contributed by atoms with van der Waals surface area (Å²) in [4.78, 5) is 16.8. The first-order chi connectivity index (χ1) is 11.7. The number of nitrogens with zero attached hydrogens (tertiary/aromatic N) is 3. The highest BCUT2D eigenvalue weighted by molar-refractivity contribution is 5.89. The summed E-state index contributed by atoms with van der Waals surface area (Å²) in [5.74, 6) is 2.50. The predicted molar refractivity (Wildman–Crippen MR) is 89.1 cm³/mol. The molecular formula is C17H21N5O2. The normalized spacial score (nSPS) is 19.0. The van der Waals surface area contributed by atoms with E-state index in [0.717, 1.165) is 67.5 Å². The molecule has 0 saturated carbocycles. The summed E-state index contributed by atoms with van der Waals surface area (Å²) in [5.41, 5.74) is 1.93. The molecule has 2 aromatic rings. The maximum absolute atomic E-state index is 12.4. The third kappa shape index (κ3) is 2.93. The van der Waals surface area contributed by atoms with Gasteiger partial charge >= 0.3 is 6.03 Å². The molecular weight excluding hydrogens is 306 g/mol. The second-order valence-electron chi connectivity index (χ2n) is 6.31. The number of rotatable bonds is 2. The molecule has 1 atom stereocenters. The lowest BCUT2D eigenvalue weighted by atomic mass is 10.1. The van der Waals surface area contributed by atoms with Crippen molar-refractivity contribution in [3.05, 3.63) is 35.4 Å². The van der Waals surface area contributed by atoms with E-state index in [9.17, 15) is 4.79 Å². The van der Waals surface area contributed by atoms with Crippen molar-refractivity contribution in [3.63, 3.8) is 0 Å². The zero-order valence-corrected chi connectivity index (χ0v) is 13.7. The van der Waals surface area contributed by atoms with Crippen molar-refractivity contribution in [2.75, 3.05) is 11.9 Å². The molecule has 2 amide bonds. The monoisotopic (exact) mass is 327 g/mol. The molecule has 4 rings (SSSR count). The molecule has 7 heteroatoms. The van der Waals surface area contributed by atoms with E-state index in [1.54, 1.807) is 0 Å². The van der Waals surface area contributed by atoms with Crippen LogP contribution in [0.1, 0.15) is 42.5 Å². The van der Waals surface area contributed by atoms with Gasteiger partial charge in [0.05, 0.1) is 12.6 Å². The van der Waals surface area contributed by atoms with Crippen LogP contribution in [0, 0.1) is 6.92 Å². The van der Waals surface area contributed by atoms with Crippen LogP contribution in [0.15, 0.2) is 18.2 Å². The molecule has 0 spiro atoms. The van der Waals surface area contributed by atoms with Crippen LogP contribution in [0.5, 0.6) is 5.75 Å². The van der Waals surface area contributed by atoms with E-state index in [1.165, 1.54) is 0 Å². The topological polar surface area (TPSA) is 81.1 Å². The smallest absolute Gasteiger partial charge is 0.319 e. The molecule has 7 nitrogen and oxygen atoms in total. The molecule has 0 aliphatic carbocycles. The highest BCUT2D eigenvalue weighted by atomic mass is 16.5. The van der Waals surface area contributed by atoms with E-state index < -0.39 is 0 Å². The van der Waals surface area contributed by atoms with Gasteiger partial charge in [-0.3, -0.25) is 0 Å². The van der Waals surface area contributed by atoms with Gasteiger partial charge in [0.1, 0.15) is 17.4 Å². The molecule has 1 aromatic carbocycles. The van der Waals surface area contributed by atoms with Crippen LogP contribution in [-0.2, 0) is 13.0 Å². The Morgan fingerprint density at radius 2 is 2.29 bits per heavy atom. The molecule has 126 valence electrons. The van der Waals surface area contributed by atoms with E-state index in [2.05, 4.69) is 20.7 Å². The lowest BCUT2D eigenvalue weighted by Crippen LogP contribution is -2.36. The Hall–Kier alpha value is -2.57. The Balaban J connectivity index is 1.44. The molecule has 0 bridgehead atoms. The first kappa shape index (κ1) is 15.0. The van der Waals surface area contributed by atoms with Crippen LogP contribution in [0.3, 0.4) is 0 Å². The summed E-state index contributed by atoms with van der Waals surface area (Å²) in [5, 5.41) is 10.3. The SMILES string of the molecule is Cc1nc2n(n1)CCC[C@H]2NC(=O)Nc1ccc2c(c1)CCCO2. The van der Waals surface area contributed by atoms with Gasteiger partial charge in [-0.15, -0.1) is 0 Å². The standard InChI is InChI=1S/C17H21N5O2/c1-11-18-16-14(5-2-8-22(16)21-11)20-17(23)19-13-6-7-15-12(10-13)4-3-9-24-15/h6-7,10,14H,2-5,8-9H2,1H3,(H2,19,20,23)/t14-/m1/s1. The average Bonchev–Trinajstić information content (AvgIpc) is 2.96. The summed E-state index contributed by atoms with van der Waals surface area (Å²) in [7, 11) is 0. The molecule has 2 aliphatic heterocycles. The van der Waals surface area contributed by atoms with Crippen molar-refractivity contribution in [1.29, 1.82) is 0 Å². The van der Waals surface area contributed by atoms with Gasteiger partial charge in [0.25, 0.3) is 0 Å². The third-order valence-corrected chi connectivity index (χ3v) is 4.45. The Morgan fingerprint density at radius 3 is 3.21 bits per heavy atom. The maximum atomic E-state index is 12.4. The summed E-state index contributed by atoms with van der Waals surface area (Å²) in [6.07, 6.45) is 3.86. The Kier molecular flexibility index (Phi) is 3.84. The van der Waals surface area contributed by atoms with Gasteiger partial charge in [0.15, 0.2) is 0 Å². The number of ether oxygens (including phenoxy) is 1. The Labute approximate surface area is 140 Å². The minimum absolute atomic E-state index is 0.0964. The molecule has 0 radical (unpaired) electrons. The lowest BCUT2D eigenvalue weighted by Gasteiger charge is -2.23. The zero-order chi connectivity index (χ0) is 16.5. The molecule has 0 fully saturated rings. The number of anilines is 1. The third-order valence-electron chi connectivity index (χ3n) is 4.45. The van der Waals surface area contributed by atoms with E-state index in [1.807, 2.05) is 29.8 Å². The molecule has 2 aliphatic rings. The fraction of sp³-hybridized carbons (Fsp3) is 0.471. The first-order valence-electron chi connectivity index (χ1n) is 8.43. The number of benzene rings is 1. The lowest BCUT2D eigenvalue weighted by molar-refractivity contribution is 0.244. The van der Waals surface area contributed by atoms with E-state index >= 15 is 0 Å². The largest absolute Gasteiger partial charge is 0.493 e. The highest BCUT2D eigenvalue weighted by Crippen LogP contribution is 2.28. The van der Waals surface area contributed by atoms with Gasteiger partial charge in [0, 0.05) is 12.2 Å². The van der Waals surface area contributed by atoms with Gasteiger partial charge in [-0.1, -0.05) is 0 Å². The van der Waals surface area contributed by atoms with Crippen LogP contribution >= 0.6 is 0 Å². The number of amides is 2. The summed E-state index contributed by atoms with van der Waals surface area (Å²) >= 11 is 0. The number of hydrogen-bond acceptors (Lipinski definition) is 4. The molecule has 0 unspecified atom stereocenters. The minimum atomic E-state index is -0.217. The number of hydrogen-bond donors (Lipinski definition) is 2.